The molecule has 0 aromatic carbocycles. The van der Waals surface area contributed by atoms with Crippen molar-refractivity contribution in [1.29, 1.82) is 0 Å². The van der Waals surface area contributed by atoms with Crippen molar-refractivity contribution in [2.24, 2.45) is 0 Å². The Balaban J connectivity index is 2.49. The van der Waals surface area contributed by atoms with Crippen molar-refractivity contribution < 1.29 is 41.9 Å². The minimum atomic E-state index is -3.97. The van der Waals surface area contributed by atoms with Crippen LogP contribution in [0.4, 0.5) is 0 Å². The van der Waals surface area contributed by atoms with Crippen molar-refractivity contribution in [2.75, 3.05) is 46.6 Å². The Kier molecular flexibility index (Phi) is 8.39. The molecule has 154 valence electrons. The number of methoxy groups -OCH3 is 1. The predicted molar refractivity (Wildman–Crippen MR) is 93.0 cm³/mol. The van der Waals surface area contributed by atoms with Crippen molar-refractivity contribution in [3.8, 4) is 0 Å². The van der Waals surface area contributed by atoms with Gasteiger partial charge in [-0.2, -0.15) is 8.42 Å². The first-order chi connectivity index (χ1) is 11.9. The Labute approximate surface area is 154 Å². The quantitative estimate of drug-likeness (QED) is 0.257. The smallest absolute Gasteiger partial charge is 0.265 e. The van der Waals surface area contributed by atoms with E-state index in [2.05, 4.69) is 5.32 Å². The number of ether oxygens (including phenoxy) is 2. The number of carbonyl (C=O) groups excluding carboxylic acids is 1. The second-order valence-corrected chi connectivity index (χ2v) is 8.83. The molecule has 5 atom stereocenters. The van der Waals surface area contributed by atoms with Crippen LogP contribution in [0.5, 0.6) is 0 Å². The molecule has 26 heavy (non-hydrogen) atoms. The number of quaternary nitrogens is 1. The third-order valence-electron chi connectivity index (χ3n) is 4.54. The van der Waals surface area contributed by atoms with Crippen LogP contribution in [0.2, 0.25) is 0 Å². The van der Waals surface area contributed by atoms with Gasteiger partial charge in [0.15, 0.2) is 6.10 Å². The number of aliphatic hydroxyl groups excluding tert-OH is 2. The lowest BCUT2D eigenvalue weighted by molar-refractivity contribution is -0.889. The molecular formula is C15H31N2O8S+. The first-order valence-electron chi connectivity index (χ1n) is 8.47. The molecule has 0 aromatic rings. The van der Waals surface area contributed by atoms with E-state index < -0.39 is 46.5 Å². The number of nitrogens with one attached hydrogen (secondary N) is 1. The van der Waals surface area contributed by atoms with Gasteiger partial charge in [0.1, 0.15) is 18.3 Å². The van der Waals surface area contributed by atoms with Gasteiger partial charge < -0.3 is 29.5 Å². The van der Waals surface area contributed by atoms with Gasteiger partial charge in [0.05, 0.1) is 45.6 Å². The Bertz CT molecular complexity index is 568. The van der Waals surface area contributed by atoms with Gasteiger partial charge in [-0.25, -0.2) is 0 Å². The summed E-state index contributed by atoms with van der Waals surface area (Å²) in [7, 11) is 1.12. The van der Waals surface area contributed by atoms with Crippen LogP contribution >= 0.6 is 0 Å². The van der Waals surface area contributed by atoms with Gasteiger partial charge in [0.25, 0.3) is 16.0 Å². The fourth-order valence-corrected chi connectivity index (χ4v) is 3.38. The zero-order valence-corrected chi connectivity index (χ0v) is 16.5. The molecule has 10 nitrogen and oxygen atoms in total. The summed E-state index contributed by atoms with van der Waals surface area (Å²) in [6.45, 7) is 2.91. The average molecular weight is 399 g/mol. The topological polar surface area (TPSA) is 142 Å². The maximum atomic E-state index is 12.4. The summed E-state index contributed by atoms with van der Waals surface area (Å²) in [4.78, 5) is 12.4. The molecule has 0 aliphatic carbocycles. The first-order valence-corrected chi connectivity index (χ1v) is 10.1. The second-order valence-electron chi connectivity index (χ2n) is 7.26. The van der Waals surface area contributed by atoms with Gasteiger partial charge in [0.2, 0.25) is 0 Å². The summed E-state index contributed by atoms with van der Waals surface area (Å²) in [5, 5.41) is 22.6. The highest BCUT2D eigenvalue weighted by Gasteiger charge is 2.46. The van der Waals surface area contributed by atoms with E-state index in [4.69, 9.17) is 14.0 Å². The summed E-state index contributed by atoms with van der Waals surface area (Å²) in [6.07, 6.45) is -4.78. The predicted octanol–water partition coefficient (Wildman–Crippen LogP) is -2.02. The molecule has 0 spiro atoms. The van der Waals surface area contributed by atoms with Crippen molar-refractivity contribution in [3.05, 3.63) is 0 Å². The molecular weight excluding hydrogens is 368 g/mol. The number of amides is 1. The minimum absolute atomic E-state index is 0.301. The van der Waals surface area contributed by atoms with Gasteiger partial charge >= 0.3 is 0 Å². The van der Waals surface area contributed by atoms with Gasteiger partial charge in [0, 0.05) is 13.5 Å². The Morgan fingerprint density at radius 3 is 2.38 bits per heavy atom. The molecule has 2 unspecified atom stereocenters. The first kappa shape index (κ1) is 23.2. The number of nitrogens with zero attached hydrogens (tertiary/aromatic N) is 1. The number of rotatable bonds is 9. The van der Waals surface area contributed by atoms with Crippen LogP contribution in [-0.4, -0.2) is 111 Å². The van der Waals surface area contributed by atoms with E-state index in [9.17, 15) is 23.4 Å². The Morgan fingerprint density at radius 1 is 1.23 bits per heavy atom. The summed E-state index contributed by atoms with van der Waals surface area (Å²) < 4.78 is 41.3. The van der Waals surface area contributed by atoms with Gasteiger partial charge in [-0.1, -0.05) is 0 Å². The normalized spacial score (nSPS) is 30.2. The van der Waals surface area contributed by atoms with E-state index >= 15 is 0 Å². The van der Waals surface area contributed by atoms with Crippen molar-refractivity contribution in [2.45, 2.75) is 43.9 Å². The maximum absolute atomic E-state index is 12.4. The molecule has 1 heterocycles. The third kappa shape index (κ3) is 7.06. The average Bonchev–Trinajstić information content (AvgIpc) is 2.50. The molecule has 11 heteroatoms. The third-order valence-corrected chi connectivity index (χ3v) is 5.34. The minimum Gasteiger partial charge on any atom is -0.388 e. The number of carbonyl (C=O) groups is 1. The van der Waals surface area contributed by atoms with Crippen LogP contribution in [0.3, 0.4) is 0 Å². The number of aliphatic hydroxyl groups is 2. The molecule has 0 bridgehead atoms. The van der Waals surface area contributed by atoms with E-state index in [1.807, 2.05) is 14.1 Å². The van der Waals surface area contributed by atoms with E-state index in [1.54, 1.807) is 6.92 Å². The summed E-state index contributed by atoms with van der Waals surface area (Å²) in [5.41, 5.74) is 0. The highest BCUT2D eigenvalue weighted by atomic mass is 32.2. The Hall–Kier alpha value is -0.820. The molecule has 4 N–H and O–H groups in total. The fourth-order valence-electron chi connectivity index (χ4n) is 2.88. The number of hydrogen-bond donors (Lipinski definition) is 4. The number of likely N-dealkylation sites (N-methyl/N-ethyl adjacent to an activating group) is 1. The zero-order valence-electron chi connectivity index (χ0n) is 15.7. The Morgan fingerprint density at radius 2 is 1.85 bits per heavy atom. The zero-order chi connectivity index (χ0) is 20.1. The number of hydrogen-bond acceptors (Lipinski definition) is 7. The van der Waals surface area contributed by atoms with Crippen LogP contribution in [0.15, 0.2) is 0 Å². The highest BCUT2D eigenvalue weighted by molar-refractivity contribution is 7.85. The lowest BCUT2D eigenvalue weighted by Crippen LogP contribution is -2.61. The van der Waals surface area contributed by atoms with Crippen LogP contribution in [-0.2, 0) is 24.4 Å². The molecule has 0 radical (unpaired) electrons. The van der Waals surface area contributed by atoms with E-state index in [1.165, 1.54) is 7.11 Å². The molecule has 1 rings (SSSR count). The fraction of sp³-hybridized carbons (Fsp3) is 0.933. The molecule has 1 fully saturated rings. The molecule has 0 saturated carbocycles. The SMILES string of the molecule is CO[C@@H]1C(C(=O)NCC[N+](C)(C)CCCS(=O)(=O)O)O[C@@H](C)C(O)[C@H]1O. The van der Waals surface area contributed by atoms with Gasteiger partial charge in [-0.3, -0.25) is 9.35 Å². The van der Waals surface area contributed by atoms with E-state index in [0.29, 0.717) is 30.5 Å². The summed E-state index contributed by atoms with van der Waals surface area (Å²) >= 11 is 0. The molecule has 1 aliphatic heterocycles. The molecule has 1 saturated heterocycles. The van der Waals surface area contributed by atoms with Crippen molar-refractivity contribution in [3.63, 3.8) is 0 Å². The van der Waals surface area contributed by atoms with E-state index in [-0.39, 0.29) is 5.75 Å². The standard InChI is InChI=1S/C15H30N2O8S/c1-10-11(18)12(19)13(24-4)14(25-10)15(20)16-6-8-17(2,3)7-5-9-26(21,22)23/h10-14,18-19H,5-9H2,1-4H3,(H-,16,20,21,22,23)/p+1/t10-,11?,12+,13-,14?/m0/s1. The van der Waals surface area contributed by atoms with Crippen LogP contribution in [0.1, 0.15) is 13.3 Å². The summed E-state index contributed by atoms with van der Waals surface area (Å²) in [6, 6.07) is 0. The highest BCUT2D eigenvalue weighted by Crippen LogP contribution is 2.23. The van der Waals surface area contributed by atoms with Crippen molar-refractivity contribution >= 4 is 16.0 Å². The lowest BCUT2D eigenvalue weighted by atomic mass is 9.95. The molecule has 1 aliphatic rings. The van der Waals surface area contributed by atoms with Crippen LogP contribution in [0.25, 0.3) is 0 Å². The monoisotopic (exact) mass is 399 g/mol. The van der Waals surface area contributed by atoms with Gasteiger partial charge in [-0.15, -0.1) is 0 Å². The van der Waals surface area contributed by atoms with Gasteiger partial charge in [-0.05, 0) is 6.92 Å². The summed E-state index contributed by atoms with van der Waals surface area (Å²) in [5.74, 6) is -0.752. The second kappa shape index (κ2) is 9.40. The lowest BCUT2D eigenvalue weighted by Gasteiger charge is -2.40. The molecule has 0 aromatic heterocycles. The maximum Gasteiger partial charge on any atom is 0.265 e. The van der Waals surface area contributed by atoms with E-state index in [0.717, 1.165) is 0 Å². The van der Waals surface area contributed by atoms with Crippen LogP contribution < -0.4 is 5.32 Å². The largest absolute Gasteiger partial charge is 0.388 e. The van der Waals surface area contributed by atoms with Crippen molar-refractivity contribution in [1.82, 2.24) is 5.32 Å². The van der Waals surface area contributed by atoms with Crippen LogP contribution in [0, 0.1) is 0 Å². The molecule has 1 amide bonds.